The fraction of sp³-hybridized carbons (Fsp3) is 0.250. The second-order valence-electron chi connectivity index (χ2n) is 7.81. The third kappa shape index (κ3) is 3.94. The number of nitrogens with one attached hydrogen (secondary N) is 1. The van der Waals surface area contributed by atoms with Gasteiger partial charge in [0.05, 0.1) is 28.9 Å². The Morgan fingerprint density at radius 1 is 1.03 bits per heavy atom. The van der Waals surface area contributed by atoms with E-state index in [1.54, 1.807) is 7.11 Å². The van der Waals surface area contributed by atoms with Crippen molar-refractivity contribution >= 4 is 49.7 Å². The maximum absolute atomic E-state index is 13.1. The number of rotatable bonds is 4. The summed E-state index contributed by atoms with van der Waals surface area (Å²) in [6.07, 6.45) is 0. The quantitative estimate of drug-likeness (QED) is 0.516. The minimum Gasteiger partial charge on any atom is -0.497 e. The van der Waals surface area contributed by atoms with Crippen LogP contribution in [-0.2, 0) is 0 Å². The molecule has 1 saturated heterocycles. The van der Waals surface area contributed by atoms with Gasteiger partial charge in [-0.3, -0.25) is 4.79 Å². The lowest BCUT2D eigenvalue weighted by atomic mass is 10.2. The number of likely N-dealkylation sites (N-methyl/N-ethyl adjacent to an activating group) is 1. The summed E-state index contributed by atoms with van der Waals surface area (Å²) in [7, 11) is 3.79. The molecule has 158 valence electrons. The van der Waals surface area contributed by atoms with Crippen molar-refractivity contribution in [2.24, 2.45) is 0 Å². The van der Waals surface area contributed by atoms with E-state index in [1.165, 1.54) is 11.3 Å². The molecule has 1 fully saturated rings. The van der Waals surface area contributed by atoms with Crippen molar-refractivity contribution < 1.29 is 9.53 Å². The molecule has 0 radical (unpaired) electrons. The average Bonchev–Trinajstić information content (AvgIpc) is 3.21. The Morgan fingerprint density at radius 3 is 2.65 bits per heavy atom. The smallest absolute Gasteiger partial charge is 0.265 e. The number of piperazine rings is 1. The number of anilines is 2. The first-order chi connectivity index (χ1) is 15.1. The van der Waals surface area contributed by atoms with E-state index in [4.69, 9.17) is 9.72 Å². The molecule has 1 N–H and O–H groups in total. The molecular weight excluding hydrogens is 408 g/mol. The number of thiophene rings is 1. The Balaban J connectivity index is 1.42. The summed E-state index contributed by atoms with van der Waals surface area (Å²) < 4.78 is 5.30. The van der Waals surface area contributed by atoms with Gasteiger partial charge in [0, 0.05) is 43.0 Å². The Morgan fingerprint density at radius 2 is 1.84 bits per heavy atom. The number of para-hydroxylation sites is 2. The molecule has 0 spiro atoms. The van der Waals surface area contributed by atoms with Gasteiger partial charge in [-0.1, -0.05) is 12.1 Å². The van der Waals surface area contributed by atoms with Gasteiger partial charge in [-0.25, -0.2) is 4.98 Å². The van der Waals surface area contributed by atoms with E-state index in [0.717, 1.165) is 64.4 Å². The van der Waals surface area contributed by atoms with Gasteiger partial charge >= 0.3 is 0 Å². The molecule has 4 aromatic rings. The van der Waals surface area contributed by atoms with Crippen LogP contribution in [0.2, 0.25) is 0 Å². The van der Waals surface area contributed by atoms with E-state index in [2.05, 4.69) is 34.3 Å². The highest BCUT2D eigenvalue weighted by molar-refractivity contribution is 7.20. The monoisotopic (exact) mass is 432 g/mol. The molecule has 6 nitrogen and oxygen atoms in total. The Hall–Kier alpha value is -3.16. The predicted octanol–water partition coefficient (Wildman–Crippen LogP) is 4.46. The third-order valence-electron chi connectivity index (χ3n) is 5.73. The molecule has 2 aromatic heterocycles. The highest BCUT2D eigenvalue weighted by Gasteiger charge is 2.19. The number of hydrogen-bond donors (Lipinski definition) is 1. The van der Waals surface area contributed by atoms with Gasteiger partial charge in [0.15, 0.2) is 0 Å². The Labute approximate surface area is 185 Å². The number of amides is 1. The van der Waals surface area contributed by atoms with Crippen molar-refractivity contribution in [1.29, 1.82) is 0 Å². The summed E-state index contributed by atoms with van der Waals surface area (Å²) in [5.74, 6) is 0.667. The van der Waals surface area contributed by atoms with Crippen molar-refractivity contribution in [2.45, 2.75) is 0 Å². The van der Waals surface area contributed by atoms with Crippen LogP contribution in [0.3, 0.4) is 0 Å². The van der Waals surface area contributed by atoms with E-state index in [-0.39, 0.29) is 5.91 Å². The maximum Gasteiger partial charge on any atom is 0.265 e. The van der Waals surface area contributed by atoms with Crippen molar-refractivity contribution in [3.63, 3.8) is 0 Å². The summed E-state index contributed by atoms with van der Waals surface area (Å²) >= 11 is 1.41. The largest absolute Gasteiger partial charge is 0.497 e. The lowest BCUT2D eigenvalue weighted by molar-refractivity contribution is 0.103. The van der Waals surface area contributed by atoms with Crippen molar-refractivity contribution in [2.75, 3.05) is 50.6 Å². The van der Waals surface area contributed by atoms with Gasteiger partial charge in [-0.05, 0) is 43.4 Å². The molecule has 2 aromatic carbocycles. The highest BCUT2D eigenvalue weighted by atomic mass is 32.1. The number of carbonyl (C=O) groups is 1. The second kappa shape index (κ2) is 8.17. The first-order valence-electron chi connectivity index (χ1n) is 10.3. The number of pyridine rings is 1. The highest BCUT2D eigenvalue weighted by Crippen LogP contribution is 2.31. The molecule has 0 unspecified atom stereocenters. The van der Waals surface area contributed by atoms with Crippen LogP contribution in [0.4, 0.5) is 11.4 Å². The predicted molar refractivity (Wildman–Crippen MR) is 128 cm³/mol. The molecule has 0 aliphatic carbocycles. The van der Waals surface area contributed by atoms with Crippen LogP contribution in [0.5, 0.6) is 5.75 Å². The molecule has 1 amide bonds. The molecule has 1 aliphatic rings. The zero-order chi connectivity index (χ0) is 21.4. The van der Waals surface area contributed by atoms with Crippen LogP contribution in [0.25, 0.3) is 21.1 Å². The molecular formula is C24H24N4O2S. The van der Waals surface area contributed by atoms with Crippen LogP contribution in [0, 0.1) is 0 Å². The molecule has 7 heteroatoms. The van der Waals surface area contributed by atoms with Gasteiger partial charge in [0.1, 0.15) is 10.6 Å². The van der Waals surface area contributed by atoms with Crippen molar-refractivity contribution in [3.8, 4) is 5.75 Å². The number of hydrogen-bond acceptors (Lipinski definition) is 6. The summed E-state index contributed by atoms with van der Waals surface area (Å²) in [6, 6.07) is 17.8. The zero-order valence-electron chi connectivity index (χ0n) is 17.6. The normalized spacial score (nSPS) is 14.8. The third-order valence-corrected chi connectivity index (χ3v) is 6.77. The summed E-state index contributed by atoms with van der Waals surface area (Å²) in [5.41, 5.74) is 2.78. The topological polar surface area (TPSA) is 57.7 Å². The number of benzene rings is 2. The number of aromatic nitrogens is 1. The summed E-state index contributed by atoms with van der Waals surface area (Å²) in [6.45, 7) is 3.93. The fourth-order valence-electron chi connectivity index (χ4n) is 3.93. The van der Waals surface area contributed by atoms with E-state index in [0.29, 0.717) is 4.88 Å². The van der Waals surface area contributed by atoms with Crippen molar-refractivity contribution in [3.05, 3.63) is 59.5 Å². The minimum absolute atomic E-state index is 0.105. The van der Waals surface area contributed by atoms with Gasteiger partial charge in [-0.2, -0.15) is 0 Å². The van der Waals surface area contributed by atoms with E-state index < -0.39 is 0 Å². The van der Waals surface area contributed by atoms with Crippen LogP contribution in [0.15, 0.2) is 54.6 Å². The lowest BCUT2D eigenvalue weighted by Crippen LogP contribution is -2.44. The molecule has 0 bridgehead atoms. The van der Waals surface area contributed by atoms with Crippen LogP contribution < -0.4 is 15.0 Å². The van der Waals surface area contributed by atoms with Crippen molar-refractivity contribution in [1.82, 2.24) is 9.88 Å². The van der Waals surface area contributed by atoms with E-state index in [1.807, 2.05) is 42.5 Å². The number of ether oxygens (including phenoxy) is 1. The zero-order valence-corrected chi connectivity index (χ0v) is 18.4. The van der Waals surface area contributed by atoms with Gasteiger partial charge in [0.2, 0.25) is 0 Å². The number of carbonyl (C=O) groups excluding carboxylic acids is 1. The fourth-order valence-corrected chi connectivity index (χ4v) is 4.85. The SMILES string of the molecule is COc1ccc2cc3cc(C(=O)Nc4ccccc4N4CCN(C)CC4)sc3nc2c1. The van der Waals surface area contributed by atoms with Gasteiger partial charge < -0.3 is 19.9 Å². The molecule has 1 aliphatic heterocycles. The summed E-state index contributed by atoms with van der Waals surface area (Å²) in [5, 5.41) is 5.12. The average molecular weight is 433 g/mol. The number of methoxy groups -OCH3 is 1. The van der Waals surface area contributed by atoms with Crippen LogP contribution in [-0.4, -0.2) is 56.1 Å². The van der Waals surface area contributed by atoms with Gasteiger partial charge in [0.25, 0.3) is 5.91 Å². The Bertz CT molecular complexity index is 1260. The maximum atomic E-state index is 13.1. The first kappa shape index (κ1) is 19.8. The van der Waals surface area contributed by atoms with Gasteiger partial charge in [-0.15, -0.1) is 11.3 Å². The molecule has 0 atom stereocenters. The molecule has 31 heavy (non-hydrogen) atoms. The lowest BCUT2D eigenvalue weighted by Gasteiger charge is -2.35. The molecule has 0 saturated carbocycles. The first-order valence-corrected chi connectivity index (χ1v) is 11.1. The standard InChI is InChI=1S/C24H24N4O2S/c1-27-9-11-28(12-10-27)21-6-4-3-5-19(21)25-23(29)22-14-17-13-16-7-8-18(30-2)15-20(16)26-24(17)31-22/h3-8,13-15H,9-12H2,1-2H3,(H,25,29). The number of nitrogens with zero attached hydrogens (tertiary/aromatic N) is 3. The van der Waals surface area contributed by atoms with E-state index >= 15 is 0 Å². The summed E-state index contributed by atoms with van der Waals surface area (Å²) in [4.78, 5) is 24.0. The van der Waals surface area contributed by atoms with Crippen LogP contribution >= 0.6 is 11.3 Å². The van der Waals surface area contributed by atoms with Crippen LogP contribution in [0.1, 0.15) is 9.67 Å². The Kier molecular flexibility index (Phi) is 5.21. The number of fused-ring (bicyclic) bond motifs is 2. The minimum atomic E-state index is -0.105. The molecule has 3 heterocycles. The molecule has 5 rings (SSSR count). The second-order valence-corrected chi connectivity index (χ2v) is 8.84. The van der Waals surface area contributed by atoms with E-state index in [9.17, 15) is 4.79 Å².